The number of H-pyrrole nitrogens is 1. The van der Waals surface area contributed by atoms with Crippen LogP contribution in [-0.2, 0) is 6.42 Å². The summed E-state index contributed by atoms with van der Waals surface area (Å²) in [5.74, 6) is 0. The molecule has 1 atom stereocenters. The van der Waals surface area contributed by atoms with Gasteiger partial charge in [0.1, 0.15) is 0 Å². The molecular formula is C19H18ClN3. The van der Waals surface area contributed by atoms with Crippen LogP contribution in [0.2, 0.25) is 5.02 Å². The normalized spacial score (nSPS) is 17.0. The Hall–Kier alpha value is -2.26. The third-order valence-electron chi connectivity index (χ3n) is 4.49. The lowest BCUT2D eigenvalue weighted by atomic mass is 9.91. The maximum absolute atomic E-state index is 6.17. The van der Waals surface area contributed by atoms with Crippen molar-refractivity contribution >= 4 is 28.2 Å². The average Bonchev–Trinajstić information content (AvgIpc) is 2.95. The van der Waals surface area contributed by atoms with Crippen molar-refractivity contribution in [1.82, 2.24) is 15.3 Å². The Morgan fingerprint density at radius 2 is 2.22 bits per heavy atom. The van der Waals surface area contributed by atoms with Crippen molar-refractivity contribution in [2.45, 2.75) is 25.3 Å². The van der Waals surface area contributed by atoms with Gasteiger partial charge in [-0.3, -0.25) is 4.98 Å². The van der Waals surface area contributed by atoms with E-state index < -0.39 is 0 Å². The van der Waals surface area contributed by atoms with Crippen LogP contribution in [0.5, 0.6) is 0 Å². The average molecular weight is 324 g/mol. The number of halogens is 1. The number of hydrogen-bond acceptors (Lipinski definition) is 2. The van der Waals surface area contributed by atoms with E-state index >= 15 is 0 Å². The molecule has 0 aliphatic heterocycles. The van der Waals surface area contributed by atoms with Crippen molar-refractivity contribution in [3.8, 4) is 0 Å². The molecule has 23 heavy (non-hydrogen) atoms. The van der Waals surface area contributed by atoms with Gasteiger partial charge >= 0.3 is 0 Å². The summed E-state index contributed by atoms with van der Waals surface area (Å²) in [5.41, 5.74) is 5.53. The highest BCUT2D eigenvalue weighted by atomic mass is 35.5. The number of aromatic amines is 1. The molecule has 4 heteroatoms. The summed E-state index contributed by atoms with van der Waals surface area (Å²) in [5, 5.41) is 5.57. The molecule has 0 saturated carbocycles. The highest BCUT2D eigenvalue weighted by Gasteiger charge is 2.24. The smallest absolute Gasteiger partial charge is 0.0854 e. The second kappa shape index (κ2) is 5.74. The molecule has 1 aromatic carbocycles. The van der Waals surface area contributed by atoms with E-state index in [2.05, 4.69) is 34.0 Å². The van der Waals surface area contributed by atoms with Gasteiger partial charge in [-0.15, -0.1) is 0 Å². The van der Waals surface area contributed by atoms with Gasteiger partial charge in [-0.2, -0.15) is 0 Å². The fourth-order valence-corrected chi connectivity index (χ4v) is 3.58. The number of pyridine rings is 1. The zero-order valence-electron chi connectivity index (χ0n) is 12.8. The van der Waals surface area contributed by atoms with Crippen LogP contribution in [0.4, 0.5) is 0 Å². The summed E-state index contributed by atoms with van der Waals surface area (Å²) >= 11 is 6.17. The van der Waals surface area contributed by atoms with E-state index in [4.69, 9.17) is 11.6 Å². The SMILES string of the molecule is C=C(NC1CCCc2c1[nH]c1ccc(Cl)cc21)c1ccccn1. The quantitative estimate of drug-likeness (QED) is 0.723. The first-order chi connectivity index (χ1) is 11.2. The van der Waals surface area contributed by atoms with Gasteiger partial charge in [0.05, 0.1) is 17.4 Å². The largest absolute Gasteiger partial charge is 0.375 e. The monoisotopic (exact) mass is 323 g/mol. The summed E-state index contributed by atoms with van der Waals surface area (Å²) in [4.78, 5) is 7.93. The highest BCUT2D eigenvalue weighted by Crippen LogP contribution is 2.36. The van der Waals surface area contributed by atoms with E-state index in [0.717, 1.165) is 41.2 Å². The van der Waals surface area contributed by atoms with Gasteiger partial charge in [0, 0.05) is 27.8 Å². The van der Waals surface area contributed by atoms with Crippen LogP contribution in [0.3, 0.4) is 0 Å². The summed E-state index contributed by atoms with van der Waals surface area (Å²) in [6.45, 7) is 4.15. The minimum Gasteiger partial charge on any atom is -0.375 e. The highest BCUT2D eigenvalue weighted by molar-refractivity contribution is 6.31. The number of rotatable bonds is 3. The third-order valence-corrected chi connectivity index (χ3v) is 4.73. The first-order valence-electron chi connectivity index (χ1n) is 7.89. The molecule has 0 radical (unpaired) electrons. The summed E-state index contributed by atoms with van der Waals surface area (Å²) in [6, 6.07) is 12.1. The molecule has 0 bridgehead atoms. The molecule has 2 heterocycles. The second-order valence-corrected chi connectivity index (χ2v) is 6.43. The van der Waals surface area contributed by atoms with Crippen molar-refractivity contribution in [1.29, 1.82) is 0 Å². The summed E-state index contributed by atoms with van der Waals surface area (Å²) < 4.78 is 0. The van der Waals surface area contributed by atoms with Crippen LogP contribution < -0.4 is 5.32 Å². The second-order valence-electron chi connectivity index (χ2n) is 5.99. The van der Waals surface area contributed by atoms with E-state index in [1.165, 1.54) is 16.6 Å². The van der Waals surface area contributed by atoms with E-state index in [1.54, 1.807) is 6.20 Å². The van der Waals surface area contributed by atoms with E-state index in [1.807, 2.05) is 24.3 Å². The lowest BCUT2D eigenvalue weighted by Crippen LogP contribution is -2.24. The van der Waals surface area contributed by atoms with Crippen LogP contribution >= 0.6 is 11.6 Å². The fraction of sp³-hybridized carbons (Fsp3) is 0.211. The fourth-order valence-electron chi connectivity index (χ4n) is 3.40. The van der Waals surface area contributed by atoms with E-state index in [-0.39, 0.29) is 6.04 Å². The van der Waals surface area contributed by atoms with Crippen LogP contribution in [0.15, 0.2) is 49.2 Å². The summed E-state index contributed by atoms with van der Waals surface area (Å²) in [7, 11) is 0. The lowest BCUT2D eigenvalue weighted by Gasteiger charge is -2.25. The van der Waals surface area contributed by atoms with Gasteiger partial charge in [0.25, 0.3) is 0 Å². The van der Waals surface area contributed by atoms with Crippen molar-refractivity contribution in [3.63, 3.8) is 0 Å². The van der Waals surface area contributed by atoms with E-state index in [0.29, 0.717) is 0 Å². The predicted octanol–water partition coefficient (Wildman–Crippen LogP) is 4.85. The van der Waals surface area contributed by atoms with Gasteiger partial charge in [-0.25, -0.2) is 0 Å². The number of nitrogens with zero attached hydrogens (tertiary/aromatic N) is 1. The van der Waals surface area contributed by atoms with Gasteiger partial charge in [0.2, 0.25) is 0 Å². The summed E-state index contributed by atoms with van der Waals surface area (Å²) in [6.07, 6.45) is 5.11. The predicted molar refractivity (Wildman–Crippen MR) is 95.4 cm³/mol. The molecule has 116 valence electrons. The van der Waals surface area contributed by atoms with Gasteiger partial charge < -0.3 is 10.3 Å². The standard InChI is InChI=1S/C19H18ClN3/c1-12(16-6-2-3-10-21-16)22-18-7-4-5-14-15-11-13(20)8-9-17(15)23-19(14)18/h2-3,6,8-11,18,22-23H,1,4-5,7H2. The van der Waals surface area contributed by atoms with Crippen LogP contribution in [0, 0.1) is 0 Å². The molecule has 2 N–H and O–H groups in total. The molecule has 2 aromatic heterocycles. The maximum Gasteiger partial charge on any atom is 0.0854 e. The first kappa shape index (κ1) is 14.3. The Morgan fingerprint density at radius 1 is 1.30 bits per heavy atom. The Labute approximate surface area is 140 Å². The van der Waals surface area contributed by atoms with Gasteiger partial charge in [0.15, 0.2) is 0 Å². The zero-order chi connectivity index (χ0) is 15.8. The van der Waals surface area contributed by atoms with Gasteiger partial charge in [-0.05, 0) is 55.2 Å². The molecule has 0 saturated heterocycles. The molecule has 3 nitrogen and oxygen atoms in total. The van der Waals surface area contributed by atoms with E-state index in [9.17, 15) is 0 Å². The number of fused-ring (bicyclic) bond motifs is 3. The number of hydrogen-bond donors (Lipinski definition) is 2. The molecule has 4 rings (SSSR count). The number of aryl methyl sites for hydroxylation is 1. The lowest BCUT2D eigenvalue weighted by molar-refractivity contribution is 0.512. The first-order valence-corrected chi connectivity index (χ1v) is 8.27. The Bertz CT molecular complexity index is 867. The molecule has 1 aliphatic carbocycles. The number of aromatic nitrogens is 2. The molecule has 1 aliphatic rings. The molecular weight excluding hydrogens is 306 g/mol. The Morgan fingerprint density at radius 3 is 3.04 bits per heavy atom. The molecule has 1 unspecified atom stereocenters. The molecule has 3 aromatic rings. The number of nitrogens with one attached hydrogen (secondary N) is 2. The Kier molecular flexibility index (Phi) is 3.58. The zero-order valence-corrected chi connectivity index (χ0v) is 13.5. The van der Waals surface area contributed by atoms with Crippen LogP contribution in [-0.4, -0.2) is 9.97 Å². The minimum atomic E-state index is 0.236. The molecule has 0 spiro atoms. The minimum absolute atomic E-state index is 0.236. The van der Waals surface area contributed by atoms with Crippen LogP contribution in [0.1, 0.15) is 35.8 Å². The Balaban J connectivity index is 1.68. The molecule has 0 fully saturated rings. The van der Waals surface area contributed by atoms with Crippen molar-refractivity contribution in [2.24, 2.45) is 0 Å². The van der Waals surface area contributed by atoms with Gasteiger partial charge in [-0.1, -0.05) is 24.2 Å². The maximum atomic E-state index is 6.17. The van der Waals surface area contributed by atoms with Crippen molar-refractivity contribution < 1.29 is 0 Å². The van der Waals surface area contributed by atoms with Crippen molar-refractivity contribution in [2.75, 3.05) is 0 Å². The molecule has 0 amide bonds. The topological polar surface area (TPSA) is 40.7 Å². The van der Waals surface area contributed by atoms with Crippen molar-refractivity contribution in [3.05, 3.63) is 71.1 Å². The number of benzene rings is 1. The van der Waals surface area contributed by atoms with Crippen LogP contribution in [0.25, 0.3) is 16.6 Å². The third kappa shape index (κ3) is 2.62.